The van der Waals surface area contributed by atoms with Gasteiger partial charge in [-0.3, -0.25) is 0 Å². The van der Waals surface area contributed by atoms with Gasteiger partial charge in [0.15, 0.2) is 17.3 Å². The van der Waals surface area contributed by atoms with E-state index in [1.807, 2.05) is 26.1 Å². The fourth-order valence-electron chi connectivity index (χ4n) is 1.88. The van der Waals surface area contributed by atoms with Gasteiger partial charge in [-0.25, -0.2) is 9.97 Å². The third-order valence-corrected chi connectivity index (χ3v) is 3.21. The van der Waals surface area contributed by atoms with Crippen LogP contribution in [0.3, 0.4) is 0 Å². The lowest BCUT2D eigenvalue weighted by Gasteiger charge is -2.13. The van der Waals surface area contributed by atoms with E-state index in [1.54, 1.807) is 20.3 Å². The number of methoxy groups -OCH3 is 2. The number of aryl methyl sites for hydroxylation is 1. The Hall–Kier alpha value is -2.01. The molecule has 0 aliphatic carbocycles. The van der Waals surface area contributed by atoms with E-state index in [2.05, 4.69) is 15.3 Å². The Labute approximate surface area is 122 Å². The Balaban J connectivity index is 2.61. The van der Waals surface area contributed by atoms with Gasteiger partial charge in [0.2, 0.25) is 0 Å². The molecule has 20 heavy (non-hydrogen) atoms. The number of anilines is 1. The average Bonchev–Trinajstić information content (AvgIpc) is 2.45. The second kappa shape index (κ2) is 5.96. The molecule has 0 fully saturated rings. The Kier molecular flexibility index (Phi) is 4.29. The highest BCUT2D eigenvalue weighted by Crippen LogP contribution is 2.40. The van der Waals surface area contributed by atoms with Crippen molar-refractivity contribution in [1.29, 1.82) is 0 Å². The van der Waals surface area contributed by atoms with Gasteiger partial charge in [-0.15, -0.1) is 0 Å². The second-order valence-corrected chi connectivity index (χ2v) is 4.51. The van der Waals surface area contributed by atoms with E-state index >= 15 is 0 Å². The van der Waals surface area contributed by atoms with Crippen LogP contribution in [0.15, 0.2) is 18.2 Å². The van der Waals surface area contributed by atoms with Crippen LogP contribution in [0.1, 0.15) is 5.69 Å². The molecule has 0 aliphatic heterocycles. The Morgan fingerprint density at radius 1 is 1.15 bits per heavy atom. The largest absolute Gasteiger partial charge is 0.493 e. The van der Waals surface area contributed by atoms with Crippen LogP contribution in [0.25, 0.3) is 11.4 Å². The molecule has 1 aromatic carbocycles. The van der Waals surface area contributed by atoms with Crippen molar-refractivity contribution in [1.82, 2.24) is 9.97 Å². The van der Waals surface area contributed by atoms with Crippen LogP contribution < -0.4 is 14.8 Å². The molecular weight excluding hydrogens is 278 g/mol. The standard InChI is InChI=1S/C14H16ClN3O2/c1-8-7-11(16-2)18-14(17-8)9-5-6-10(19-3)13(20-4)12(9)15/h5-7H,1-4H3,(H,16,17,18). The van der Waals surface area contributed by atoms with Crippen molar-refractivity contribution in [2.24, 2.45) is 0 Å². The van der Waals surface area contributed by atoms with Crippen molar-refractivity contribution < 1.29 is 9.47 Å². The number of aromatic nitrogens is 2. The van der Waals surface area contributed by atoms with E-state index in [4.69, 9.17) is 21.1 Å². The van der Waals surface area contributed by atoms with Crippen LogP contribution >= 0.6 is 11.6 Å². The highest BCUT2D eigenvalue weighted by molar-refractivity contribution is 6.35. The molecule has 5 nitrogen and oxygen atoms in total. The zero-order valence-electron chi connectivity index (χ0n) is 11.8. The summed E-state index contributed by atoms with van der Waals surface area (Å²) in [5, 5.41) is 3.43. The monoisotopic (exact) mass is 293 g/mol. The number of rotatable bonds is 4. The van der Waals surface area contributed by atoms with Crippen LogP contribution in [-0.2, 0) is 0 Å². The van der Waals surface area contributed by atoms with Crippen molar-refractivity contribution >= 4 is 17.4 Å². The lowest BCUT2D eigenvalue weighted by atomic mass is 10.1. The van der Waals surface area contributed by atoms with Gasteiger partial charge in [0.05, 0.1) is 19.2 Å². The Morgan fingerprint density at radius 3 is 2.50 bits per heavy atom. The maximum atomic E-state index is 6.37. The molecule has 0 aliphatic rings. The molecule has 2 aromatic rings. The number of halogens is 1. The van der Waals surface area contributed by atoms with Crippen molar-refractivity contribution in [3.63, 3.8) is 0 Å². The number of hydrogen-bond donors (Lipinski definition) is 1. The zero-order chi connectivity index (χ0) is 14.7. The summed E-state index contributed by atoms with van der Waals surface area (Å²) in [5.74, 6) is 2.32. The number of ether oxygens (including phenoxy) is 2. The molecule has 0 bridgehead atoms. The molecule has 0 radical (unpaired) electrons. The predicted molar refractivity (Wildman–Crippen MR) is 79.9 cm³/mol. The lowest BCUT2D eigenvalue weighted by Crippen LogP contribution is -2.00. The fourth-order valence-corrected chi connectivity index (χ4v) is 2.20. The molecule has 0 unspecified atom stereocenters. The quantitative estimate of drug-likeness (QED) is 0.938. The fraction of sp³-hybridized carbons (Fsp3) is 0.286. The number of hydrogen-bond acceptors (Lipinski definition) is 5. The molecule has 1 heterocycles. The van der Waals surface area contributed by atoms with Crippen molar-refractivity contribution in [2.75, 3.05) is 26.6 Å². The highest BCUT2D eigenvalue weighted by Gasteiger charge is 2.16. The summed E-state index contributed by atoms with van der Waals surface area (Å²) in [6.07, 6.45) is 0. The first-order valence-corrected chi connectivity index (χ1v) is 6.42. The van der Waals surface area contributed by atoms with Gasteiger partial charge in [-0.1, -0.05) is 11.6 Å². The summed E-state index contributed by atoms with van der Waals surface area (Å²) in [5.41, 5.74) is 1.55. The molecule has 1 aromatic heterocycles. The van der Waals surface area contributed by atoms with E-state index in [0.29, 0.717) is 27.9 Å². The smallest absolute Gasteiger partial charge is 0.180 e. The summed E-state index contributed by atoms with van der Waals surface area (Å²) in [6, 6.07) is 5.46. The van der Waals surface area contributed by atoms with Crippen LogP contribution in [0, 0.1) is 6.92 Å². The molecule has 106 valence electrons. The number of benzene rings is 1. The van der Waals surface area contributed by atoms with Gasteiger partial charge < -0.3 is 14.8 Å². The topological polar surface area (TPSA) is 56.3 Å². The zero-order valence-corrected chi connectivity index (χ0v) is 12.6. The Morgan fingerprint density at radius 2 is 1.90 bits per heavy atom. The van der Waals surface area contributed by atoms with Crippen LogP contribution in [-0.4, -0.2) is 31.2 Å². The summed E-state index contributed by atoms with van der Waals surface area (Å²) in [7, 11) is 4.92. The van der Waals surface area contributed by atoms with Crippen LogP contribution in [0.2, 0.25) is 5.02 Å². The van der Waals surface area contributed by atoms with E-state index in [1.165, 1.54) is 0 Å². The van der Waals surface area contributed by atoms with E-state index in [9.17, 15) is 0 Å². The van der Waals surface area contributed by atoms with Crippen molar-refractivity contribution in [3.8, 4) is 22.9 Å². The maximum Gasteiger partial charge on any atom is 0.180 e. The molecule has 0 spiro atoms. The SMILES string of the molecule is CNc1cc(C)nc(-c2ccc(OC)c(OC)c2Cl)n1. The van der Waals surface area contributed by atoms with E-state index in [0.717, 1.165) is 11.5 Å². The molecule has 0 atom stereocenters. The van der Waals surface area contributed by atoms with Crippen LogP contribution in [0.4, 0.5) is 5.82 Å². The van der Waals surface area contributed by atoms with Crippen molar-refractivity contribution in [2.45, 2.75) is 6.92 Å². The van der Waals surface area contributed by atoms with Gasteiger partial charge in [-0.2, -0.15) is 0 Å². The van der Waals surface area contributed by atoms with Gasteiger partial charge in [0, 0.05) is 24.4 Å². The maximum absolute atomic E-state index is 6.37. The third-order valence-electron chi connectivity index (χ3n) is 2.84. The lowest BCUT2D eigenvalue weighted by molar-refractivity contribution is 0.355. The molecule has 6 heteroatoms. The summed E-state index contributed by atoms with van der Waals surface area (Å²) in [6.45, 7) is 1.90. The minimum atomic E-state index is 0.430. The van der Waals surface area contributed by atoms with Crippen LogP contribution in [0.5, 0.6) is 11.5 Å². The minimum absolute atomic E-state index is 0.430. The van der Waals surface area contributed by atoms with Crippen molar-refractivity contribution in [3.05, 3.63) is 28.9 Å². The normalized spacial score (nSPS) is 10.2. The second-order valence-electron chi connectivity index (χ2n) is 4.13. The summed E-state index contributed by atoms with van der Waals surface area (Å²) in [4.78, 5) is 8.82. The van der Waals surface area contributed by atoms with E-state index < -0.39 is 0 Å². The molecule has 0 saturated heterocycles. The summed E-state index contributed by atoms with van der Waals surface area (Å²) < 4.78 is 10.5. The molecular formula is C14H16ClN3O2. The number of nitrogens with one attached hydrogen (secondary N) is 1. The van der Waals surface area contributed by atoms with Gasteiger partial charge in [0.25, 0.3) is 0 Å². The highest BCUT2D eigenvalue weighted by atomic mass is 35.5. The van der Waals surface area contributed by atoms with Gasteiger partial charge in [-0.05, 0) is 19.1 Å². The van der Waals surface area contributed by atoms with Gasteiger partial charge in [0.1, 0.15) is 5.82 Å². The molecule has 0 saturated carbocycles. The summed E-state index contributed by atoms with van der Waals surface area (Å²) >= 11 is 6.37. The first-order valence-electron chi connectivity index (χ1n) is 6.05. The molecule has 2 rings (SSSR count). The minimum Gasteiger partial charge on any atom is -0.493 e. The first kappa shape index (κ1) is 14.4. The average molecular weight is 294 g/mol. The predicted octanol–water partition coefficient (Wildman–Crippen LogP) is 3.16. The molecule has 0 amide bonds. The third kappa shape index (κ3) is 2.63. The molecule has 1 N–H and O–H groups in total. The first-order chi connectivity index (χ1) is 9.60. The van der Waals surface area contributed by atoms with E-state index in [-0.39, 0.29) is 0 Å². The number of nitrogens with zero attached hydrogens (tertiary/aromatic N) is 2. The van der Waals surface area contributed by atoms with Gasteiger partial charge >= 0.3 is 0 Å². The Bertz CT molecular complexity index is 632.